The molecule has 0 unspecified atom stereocenters. The molecule has 0 spiro atoms. The second-order valence-electron chi connectivity index (χ2n) is 6.95. The van der Waals surface area contributed by atoms with E-state index in [1.807, 2.05) is 18.2 Å². The van der Waals surface area contributed by atoms with Crippen molar-refractivity contribution in [3.05, 3.63) is 53.9 Å². The van der Waals surface area contributed by atoms with Gasteiger partial charge in [-0.3, -0.25) is 4.90 Å². The zero-order valence-corrected chi connectivity index (χ0v) is 16.2. The van der Waals surface area contributed by atoms with E-state index in [9.17, 15) is 8.42 Å². The highest BCUT2D eigenvalue weighted by Gasteiger charge is 2.22. The van der Waals surface area contributed by atoms with Crippen LogP contribution < -0.4 is 9.46 Å². The Bertz CT molecular complexity index is 832. The number of hydrogen-bond donors (Lipinski definition) is 1. The van der Waals surface area contributed by atoms with Gasteiger partial charge < -0.3 is 9.30 Å². The van der Waals surface area contributed by atoms with Crippen molar-refractivity contribution in [1.82, 2.24) is 14.2 Å². The van der Waals surface area contributed by atoms with Gasteiger partial charge in [0.15, 0.2) is 0 Å². The van der Waals surface area contributed by atoms with Gasteiger partial charge in [0.1, 0.15) is 5.75 Å². The van der Waals surface area contributed by atoms with Gasteiger partial charge in [0.2, 0.25) is 10.0 Å². The standard InChI is InChI=1S/C19H27N3O3S/c1-25-19-8-4-3-6-17(19)14-21-12-16(9-10-20-26(2,23)24)13-22-11-5-7-18(22)15-21/h3-8,11,16,20H,9-10,12-15H2,1-2H3/t16-/m1/s1. The van der Waals surface area contributed by atoms with Crippen molar-refractivity contribution in [3.63, 3.8) is 0 Å². The van der Waals surface area contributed by atoms with Crippen LogP contribution in [0.5, 0.6) is 5.75 Å². The summed E-state index contributed by atoms with van der Waals surface area (Å²) >= 11 is 0. The number of nitrogens with one attached hydrogen (secondary N) is 1. The molecule has 0 amide bonds. The van der Waals surface area contributed by atoms with Crippen LogP contribution in [0.2, 0.25) is 0 Å². The number of nitrogens with zero attached hydrogens (tertiary/aromatic N) is 2. The first-order chi connectivity index (χ1) is 12.4. The number of benzene rings is 1. The second-order valence-corrected chi connectivity index (χ2v) is 8.79. The molecule has 1 aromatic carbocycles. The van der Waals surface area contributed by atoms with Crippen molar-refractivity contribution in [2.24, 2.45) is 5.92 Å². The number of sulfonamides is 1. The predicted molar refractivity (Wildman–Crippen MR) is 102 cm³/mol. The Labute approximate surface area is 155 Å². The number of rotatable bonds is 7. The molecule has 26 heavy (non-hydrogen) atoms. The maximum Gasteiger partial charge on any atom is 0.208 e. The molecule has 6 nitrogen and oxygen atoms in total. The monoisotopic (exact) mass is 377 g/mol. The van der Waals surface area contributed by atoms with Crippen molar-refractivity contribution in [2.45, 2.75) is 26.1 Å². The fourth-order valence-corrected chi connectivity index (χ4v) is 4.08. The summed E-state index contributed by atoms with van der Waals surface area (Å²) in [5.41, 5.74) is 2.46. The molecule has 0 bridgehead atoms. The molecule has 1 aliphatic heterocycles. The minimum Gasteiger partial charge on any atom is -0.496 e. The first-order valence-corrected chi connectivity index (χ1v) is 10.8. The molecule has 2 aromatic rings. The van der Waals surface area contributed by atoms with E-state index in [4.69, 9.17) is 4.74 Å². The lowest BCUT2D eigenvalue weighted by Crippen LogP contribution is -2.31. The molecular formula is C19H27N3O3S. The number of fused-ring (bicyclic) bond motifs is 1. The summed E-state index contributed by atoms with van der Waals surface area (Å²) in [7, 11) is -1.44. The summed E-state index contributed by atoms with van der Waals surface area (Å²) in [4.78, 5) is 2.42. The van der Waals surface area contributed by atoms with Gasteiger partial charge >= 0.3 is 0 Å². The van der Waals surface area contributed by atoms with E-state index < -0.39 is 10.0 Å². The maximum atomic E-state index is 11.3. The molecule has 0 fully saturated rings. The van der Waals surface area contributed by atoms with E-state index in [1.54, 1.807) is 7.11 Å². The summed E-state index contributed by atoms with van der Waals surface area (Å²) in [6, 6.07) is 12.3. The third kappa shape index (κ3) is 5.09. The number of methoxy groups -OCH3 is 1. The highest BCUT2D eigenvalue weighted by molar-refractivity contribution is 7.88. The predicted octanol–water partition coefficient (Wildman–Crippen LogP) is 2.07. The van der Waals surface area contributed by atoms with Crippen molar-refractivity contribution in [1.29, 1.82) is 0 Å². The number of para-hydroxylation sites is 1. The first kappa shape index (κ1) is 18.9. The van der Waals surface area contributed by atoms with E-state index in [1.165, 1.54) is 17.5 Å². The Morgan fingerprint density at radius 2 is 2.00 bits per heavy atom. The molecule has 3 rings (SSSR count). The zero-order chi connectivity index (χ0) is 18.6. The minimum absolute atomic E-state index is 0.382. The minimum atomic E-state index is -3.14. The fraction of sp³-hybridized carbons (Fsp3) is 0.474. The van der Waals surface area contributed by atoms with Gasteiger partial charge in [-0.05, 0) is 30.5 Å². The summed E-state index contributed by atoms with van der Waals surface area (Å²) in [6.07, 6.45) is 4.13. The van der Waals surface area contributed by atoms with E-state index in [-0.39, 0.29) is 0 Å². The molecule has 2 heterocycles. The third-order valence-corrected chi connectivity index (χ3v) is 5.51. The Kier molecular flexibility index (Phi) is 6.01. The van der Waals surface area contributed by atoms with Gasteiger partial charge in [0, 0.05) is 50.2 Å². The molecule has 1 aromatic heterocycles. The summed E-state index contributed by atoms with van der Waals surface area (Å²) in [5.74, 6) is 1.29. The van der Waals surface area contributed by atoms with Crippen LogP contribution in [0.1, 0.15) is 17.7 Å². The molecule has 1 aliphatic rings. The second kappa shape index (κ2) is 8.24. The third-order valence-electron chi connectivity index (χ3n) is 4.78. The van der Waals surface area contributed by atoms with Gasteiger partial charge in [0.25, 0.3) is 0 Å². The Morgan fingerprint density at radius 1 is 1.19 bits per heavy atom. The Hall–Kier alpha value is -1.83. The molecule has 0 saturated heterocycles. The van der Waals surface area contributed by atoms with Crippen LogP contribution in [0.3, 0.4) is 0 Å². The van der Waals surface area contributed by atoms with E-state index >= 15 is 0 Å². The summed E-state index contributed by atoms with van der Waals surface area (Å²) in [6.45, 7) is 4.00. The van der Waals surface area contributed by atoms with E-state index in [0.29, 0.717) is 12.5 Å². The fourth-order valence-electron chi connectivity index (χ4n) is 3.59. The SMILES string of the molecule is COc1ccccc1CN1Cc2cccn2C[C@H](CCNS(C)(=O)=O)C1. The molecule has 1 atom stereocenters. The molecular weight excluding hydrogens is 350 g/mol. The van der Waals surface area contributed by atoms with Crippen LogP contribution in [0.15, 0.2) is 42.6 Å². The van der Waals surface area contributed by atoms with E-state index in [0.717, 1.165) is 38.3 Å². The van der Waals surface area contributed by atoms with Crippen molar-refractivity contribution >= 4 is 10.0 Å². The van der Waals surface area contributed by atoms with Crippen LogP contribution in [0.25, 0.3) is 0 Å². The average Bonchev–Trinajstić information content (AvgIpc) is 2.94. The van der Waals surface area contributed by atoms with Gasteiger partial charge in [-0.15, -0.1) is 0 Å². The lowest BCUT2D eigenvalue weighted by atomic mass is 10.0. The molecule has 142 valence electrons. The van der Waals surface area contributed by atoms with Crippen LogP contribution in [-0.4, -0.2) is 44.3 Å². The molecule has 0 saturated carbocycles. The van der Waals surface area contributed by atoms with E-state index in [2.05, 4.69) is 38.6 Å². The largest absolute Gasteiger partial charge is 0.496 e. The summed E-state index contributed by atoms with van der Waals surface area (Å²) < 4.78 is 33.1. The lowest BCUT2D eigenvalue weighted by molar-refractivity contribution is 0.213. The quantitative estimate of drug-likeness (QED) is 0.802. The van der Waals surface area contributed by atoms with Gasteiger partial charge in [0.05, 0.1) is 13.4 Å². The van der Waals surface area contributed by atoms with Gasteiger partial charge in [-0.1, -0.05) is 18.2 Å². The number of hydrogen-bond acceptors (Lipinski definition) is 4. The van der Waals surface area contributed by atoms with Gasteiger partial charge in [-0.25, -0.2) is 13.1 Å². The normalized spacial score (nSPS) is 18.3. The van der Waals surface area contributed by atoms with Crippen LogP contribution in [0, 0.1) is 5.92 Å². The first-order valence-electron chi connectivity index (χ1n) is 8.87. The molecule has 0 radical (unpaired) electrons. The van der Waals surface area contributed by atoms with Gasteiger partial charge in [-0.2, -0.15) is 0 Å². The Morgan fingerprint density at radius 3 is 2.77 bits per heavy atom. The average molecular weight is 378 g/mol. The number of aromatic nitrogens is 1. The Balaban J connectivity index is 1.72. The molecule has 0 aliphatic carbocycles. The molecule has 7 heteroatoms. The highest BCUT2D eigenvalue weighted by Crippen LogP contribution is 2.24. The topological polar surface area (TPSA) is 63.6 Å². The lowest BCUT2D eigenvalue weighted by Gasteiger charge is -2.25. The number of ether oxygens (including phenoxy) is 1. The van der Waals surface area contributed by atoms with Crippen molar-refractivity contribution in [2.75, 3.05) is 26.5 Å². The van der Waals surface area contributed by atoms with Crippen molar-refractivity contribution < 1.29 is 13.2 Å². The van der Waals surface area contributed by atoms with Crippen molar-refractivity contribution in [3.8, 4) is 5.75 Å². The van der Waals surface area contributed by atoms with Crippen LogP contribution in [-0.2, 0) is 29.7 Å². The maximum absolute atomic E-state index is 11.3. The summed E-state index contributed by atoms with van der Waals surface area (Å²) in [5, 5.41) is 0. The highest BCUT2D eigenvalue weighted by atomic mass is 32.2. The molecule has 1 N–H and O–H groups in total. The van der Waals surface area contributed by atoms with Crippen LogP contribution in [0.4, 0.5) is 0 Å². The smallest absolute Gasteiger partial charge is 0.208 e. The zero-order valence-electron chi connectivity index (χ0n) is 15.4. The van der Waals surface area contributed by atoms with Crippen LogP contribution >= 0.6 is 0 Å².